The van der Waals surface area contributed by atoms with Crippen molar-refractivity contribution in [1.29, 1.82) is 0 Å². The molecule has 3 fully saturated rings. The average molecular weight is 217 g/mol. The van der Waals surface area contributed by atoms with Gasteiger partial charge in [-0.1, -0.05) is 18.2 Å². The molecule has 2 heteroatoms. The molecule has 2 nitrogen and oxygen atoms in total. The Bertz CT molecular complexity index is 330. The van der Waals surface area contributed by atoms with Crippen LogP contribution in [-0.2, 0) is 0 Å². The third kappa shape index (κ3) is 2.07. The molecule has 2 bridgehead atoms. The second-order valence-corrected chi connectivity index (χ2v) is 5.02. The third-order valence-electron chi connectivity index (χ3n) is 4.00. The van der Waals surface area contributed by atoms with Gasteiger partial charge in [-0.2, -0.15) is 0 Å². The van der Waals surface area contributed by atoms with Crippen LogP contribution in [0.2, 0.25) is 0 Å². The van der Waals surface area contributed by atoms with Crippen LogP contribution in [-0.4, -0.2) is 31.1 Å². The Kier molecular flexibility index (Phi) is 2.83. The second-order valence-electron chi connectivity index (χ2n) is 5.02. The van der Waals surface area contributed by atoms with Crippen LogP contribution in [0.3, 0.4) is 0 Å². The molecule has 86 valence electrons. The largest absolute Gasteiger partial charge is 0.493 e. The number of rotatable bonds is 3. The van der Waals surface area contributed by atoms with Crippen LogP contribution in [0.4, 0.5) is 0 Å². The molecular formula is C14H19NO. The number of nitrogens with zero attached hydrogens (tertiary/aromatic N) is 1. The molecule has 1 unspecified atom stereocenters. The van der Waals surface area contributed by atoms with E-state index < -0.39 is 0 Å². The maximum atomic E-state index is 5.87. The maximum absolute atomic E-state index is 5.87. The second kappa shape index (κ2) is 4.46. The van der Waals surface area contributed by atoms with Crippen LogP contribution in [0.1, 0.15) is 12.8 Å². The van der Waals surface area contributed by atoms with E-state index in [4.69, 9.17) is 4.74 Å². The zero-order chi connectivity index (χ0) is 10.8. The average Bonchev–Trinajstić information content (AvgIpc) is 2.39. The van der Waals surface area contributed by atoms with Gasteiger partial charge >= 0.3 is 0 Å². The number of hydrogen-bond acceptors (Lipinski definition) is 2. The third-order valence-corrected chi connectivity index (χ3v) is 4.00. The van der Waals surface area contributed by atoms with Gasteiger partial charge in [-0.05, 0) is 44.0 Å². The van der Waals surface area contributed by atoms with E-state index >= 15 is 0 Å². The van der Waals surface area contributed by atoms with E-state index in [1.54, 1.807) is 0 Å². The van der Waals surface area contributed by atoms with Crippen molar-refractivity contribution in [2.45, 2.75) is 12.8 Å². The van der Waals surface area contributed by atoms with Gasteiger partial charge in [0.25, 0.3) is 0 Å². The summed E-state index contributed by atoms with van der Waals surface area (Å²) in [7, 11) is 0. The summed E-state index contributed by atoms with van der Waals surface area (Å²) in [6.07, 6.45) is 2.76. The fourth-order valence-electron chi connectivity index (χ4n) is 3.00. The minimum atomic E-state index is 0.753. The highest BCUT2D eigenvalue weighted by molar-refractivity contribution is 5.20. The Balaban J connectivity index is 1.56. The van der Waals surface area contributed by atoms with Crippen molar-refractivity contribution in [2.24, 2.45) is 11.8 Å². The van der Waals surface area contributed by atoms with Gasteiger partial charge in [0.15, 0.2) is 0 Å². The molecule has 3 heterocycles. The Morgan fingerprint density at radius 3 is 2.50 bits per heavy atom. The molecule has 0 spiro atoms. The first-order chi connectivity index (χ1) is 7.92. The molecule has 3 aliphatic rings. The molecule has 0 aliphatic carbocycles. The maximum Gasteiger partial charge on any atom is 0.119 e. The van der Waals surface area contributed by atoms with Crippen molar-refractivity contribution in [3.8, 4) is 5.75 Å². The number of hydrogen-bond donors (Lipinski definition) is 0. The first kappa shape index (κ1) is 10.2. The van der Waals surface area contributed by atoms with Gasteiger partial charge < -0.3 is 9.64 Å². The summed E-state index contributed by atoms with van der Waals surface area (Å²) in [6.45, 7) is 4.77. The van der Waals surface area contributed by atoms with Crippen molar-refractivity contribution in [3.63, 3.8) is 0 Å². The van der Waals surface area contributed by atoms with Crippen LogP contribution < -0.4 is 4.74 Å². The predicted molar refractivity (Wildman–Crippen MR) is 64.6 cm³/mol. The van der Waals surface area contributed by atoms with E-state index in [9.17, 15) is 0 Å². The molecule has 0 aromatic heterocycles. The molecule has 4 rings (SSSR count). The SMILES string of the molecule is c1ccc(OCC2CN3CCC2CC3)cc1. The van der Waals surface area contributed by atoms with E-state index in [1.807, 2.05) is 30.3 Å². The lowest BCUT2D eigenvalue weighted by molar-refractivity contribution is 0.0257. The predicted octanol–water partition coefficient (Wildman–Crippen LogP) is 2.41. The molecule has 16 heavy (non-hydrogen) atoms. The Morgan fingerprint density at radius 1 is 1.12 bits per heavy atom. The van der Waals surface area contributed by atoms with Crippen molar-refractivity contribution in [1.82, 2.24) is 4.90 Å². The van der Waals surface area contributed by atoms with Gasteiger partial charge in [-0.3, -0.25) is 0 Å². The molecule has 1 aromatic rings. The first-order valence-corrected chi connectivity index (χ1v) is 6.32. The van der Waals surface area contributed by atoms with Crippen molar-refractivity contribution in [2.75, 3.05) is 26.2 Å². The fourth-order valence-corrected chi connectivity index (χ4v) is 3.00. The number of para-hydroxylation sites is 1. The molecule has 0 N–H and O–H groups in total. The molecule has 0 amide bonds. The molecule has 3 saturated heterocycles. The number of piperidine rings is 3. The van der Waals surface area contributed by atoms with Crippen molar-refractivity contribution in [3.05, 3.63) is 30.3 Å². The number of benzene rings is 1. The summed E-state index contributed by atoms with van der Waals surface area (Å²) in [4.78, 5) is 2.58. The minimum Gasteiger partial charge on any atom is -0.493 e. The van der Waals surface area contributed by atoms with Gasteiger partial charge in [0.2, 0.25) is 0 Å². The fraction of sp³-hybridized carbons (Fsp3) is 0.571. The lowest BCUT2D eigenvalue weighted by Gasteiger charge is -2.44. The summed E-state index contributed by atoms with van der Waals surface area (Å²) in [6, 6.07) is 10.2. The van der Waals surface area contributed by atoms with E-state index in [0.717, 1.165) is 24.2 Å². The van der Waals surface area contributed by atoms with Crippen molar-refractivity contribution >= 4 is 0 Å². The first-order valence-electron chi connectivity index (χ1n) is 6.32. The summed E-state index contributed by atoms with van der Waals surface area (Å²) < 4.78 is 5.87. The highest BCUT2D eigenvalue weighted by atomic mass is 16.5. The summed E-state index contributed by atoms with van der Waals surface area (Å²) in [5.74, 6) is 2.68. The highest BCUT2D eigenvalue weighted by Gasteiger charge is 2.34. The molecule has 3 aliphatic heterocycles. The van der Waals surface area contributed by atoms with Gasteiger partial charge in [-0.15, -0.1) is 0 Å². The van der Waals surface area contributed by atoms with Crippen LogP contribution in [0.5, 0.6) is 5.75 Å². The molecular weight excluding hydrogens is 198 g/mol. The zero-order valence-corrected chi connectivity index (χ0v) is 9.64. The van der Waals surface area contributed by atoms with E-state index in [1.165, 1.54) is 32.5 Å². The topological polar surface area (TPSA) is 12.5 Å². The number of fused-ring (bicyclic) bond motifs is 3. The smallest absolute Gasteiger partial charge is 0.119 e. The number of ether oxygens (including phenoxy) is 1. The summed E-state index contributed by atoms with van der Waals surface area (Å²) in [5, 5.41) is 0. The van der Waals surface area contributed by atoms with Crippen LogP contribution in [0.25, 0.3) is 0 Å². The van der Waals surface area contributed by atoms with Gasteiger partial charge in [-0.25, -0.2) is 0 Å². The monoisotopic (exact) mass is 217 g/mol. The lowest BCUT2D eigenvalue weighted by Crippen LogP contribution is -2.49. The zero-order valence-electron chi connectivity index (χ0n) is 9.64. The van der Waals surface area contributed by atoms with Gasteiger partial charge in [0, 0.05) is 12.5 Å². The normalized spacial score (nSPS) is 32.6. The quantitative estimate of drug-likeness (QED) is 0.771. The van der Waals surface area contributed by atoms with Gasteiger partial charge in [0.1, 0.15) is 5.75 Å². The van der Waals surface area contributed by atoms with Crippen molar-refractivity contribution < 1.29 is 4.74 Å². The Morgan fingerprint density at radius 2 is 1.88 bits per heavy atom. The summed E-state index contributed by atoms with van der Waals surface area (Å²) in [5.41, 5.74) is 0. The Labute approximate surface area is 97.2 Å². The molecule has 0 radical (unpaired) electrons. The summed E-state index contributed by atoms with van der Waals surface area (Å²) >= 11 is 0. The molecule has 0 saturated carbocycles. The lowest BCUT2D eigenvalue weighted by atomic mass is 9.79. The standard InChI is InChI=1S/C14H19NO/c1-2-4-14(5-3-1)16-11-13-10-15-8-6-12(13)7-9-15/h1-5,12-13H,6-11H2. The van der Waals surface area contributed by atoms with Gasteiger partial charge in [0.05, 0.1) is 6.61 Å². The van der Waals surface area contributed by atoms with Crippen LogP contribution in [0.15, 0.2) is 30.3 Å². The van der Waals surface area contributed by atoms with E-state index in [0.29, 0.717) is 0 Å². The van der Waals surface area contributed by atoms with E-state index in [2.05, 4.69) is 4.90 Å². The molecule has 1 atom stereocenters. The minimum absolute atomic E-state index is 0.753. The van der Waals surface area contributed by atoms with E-state index in [-0.39, 0.29) is 0 Å². The Hall–Kier alpha value is -1.02. The molecule has 1 aromatic carbocycles. The van der Waals surface area contributed by atoms with Crippen LogP contribution in [0, 0.1) is 11.8 Å². The van der Waals surface area contributed by atoms with Crippen LogP contribution >= 0.6 is 0 Å². The highest BCUT2D eigenvalue weighted by Crippen LogP contribution is 2.32.